The number of nitrogens with zero attached hydrogens (tertiary/aromatic N) is 2. The highest BCUT2D eigenvalue weighted by molar-refractivity contribution is 8.00. The van der Waals surface area contributed by atoms with Gasteiger partial charge in [0, 0.05) is 32.9 Å². The number of hydrogen-bond acceptors (Lipinski definition) is 14. The lowest BCUT2D eigenvalue weighted by Gasteiger charge is -2.42. The fraction of sp³-hybridized carbons (Fsp3) is 0.643. The van der Waals surface area contributed by atoms with Crippen LogP contribution in [0.4, 0.5) is 10.5 Å². The van der Waals surface area contributed by atoms with Gasteiger partial charge in [0.1, 0.15) is 23.9 Å². The first-order chi connectivity index (χ1) is 28.4. The summed E-state index contributed by atoms with van der Waals surface area (Å²) >= 11 is 8.14. The van der Waals surface area contributed by atoms with Crippen molar-refractivity contribution in [2.45, 2.75) is 107 Å². The Hall–Kier alpha value is -3.55. The third-order valence-corrected chi connectivity index (χ3v) is 12.9. The zero-order valence-corrected chi connectivity index (χ0v) is 37.1. The number of anilines is 1. The van der Waals surface area contributed by atoms with Gasteiger partial charge in [0.15, 0.2) is 11.8 Å². The average Bonchev–Trinajstić information content (AvgIpc) is 3.82. The van der Waals surface area contributed by atoms with Gasteiger partial charge in [-0.25, -0.2) is 9.59 Å². The van der Waals surface area contributed by atoms with E-state index >= 15 is 0 Å². The quantitative estimate of drug-likeness (QED) is 0.118. The molecular weight excluding hydrogens is 822 g/mol. The number of ether oxygens (including phenoxy) is 7. The second-order valence-electron chi connectivity index (χ2n) is 15.9. The molecule has 9 atom stereocenters. The fourth-order valence-corrected chi connectivity index (χ4v) is 8.65. The van der Waals surface area contributed by atoms with Crippen molar-refractivity contribution >= 4 is 58.8 Å². The first-order valence-corrected chi connectivity index (χ1v) is 21.7. The number of carbonyl (C=O) groups is 5. The highest BCUT2D eigenvalue weighted by Gasteiger charge is 2.64. The third kappa shape index (κ3) is 11.3. The number of likely N-dealkylation sites (tertiary alicyclic amines) is 1. The van der Waals surface area contributed by atoms with E-state index in [1.807, 2.05) is 32.1 Å². The maximum Gasteiger partial charge on any atom is 0.409 e. The van der Waals surface area contributed by atoms with Crippen LogP contribution in [0.25, 0.3) is 0 Å². The summed E-state index contributed by atoms with van der Waals surface area (Å²) < 4.78 is 40.4. The fourth-order valence-electron chi connectivity index (χ4n) is 7.78. The van der Waals surface area contributed by atoms with E-state index in [1.165, 1.54) is 35.6 Å². The van der Waals surface area contributed by atoms with E-state index in [9.17, 15) is 29.1 Å². The van der Waals surface area contributed by atoms with Crippen LogP contribution in [0.1, 0.15) is 58.1 Å². The molecule has 4 amide bonds. The molecule has 1 aromatic rings. The molecule has 332 valence electrons. The van der Waals surface area contributed by atoms with E-state index in [0.29, 0.717) is 17.1 Å². The van der Waals surface area contributed by atoms with Crippen LogP contribution in [0, 0.1) is 12.8 Å². The highest BCUT2D eigenvalue weighted by Crippen LogP contribution is 2.49. The SMILES string of the molecule is CO[C@@H]1/C=C/C=C(\C)Cc2cc(C)c(Cl)c(c2)N(C)C(=O)C[C@H](OC(=O)[C@H](C)OCCOCCOCCN2C(=O)CC(SC)C2=O)[C@]2(C)O[C@H]2[C@H](C)[C@@H]2C[C@@]1(O)NC(=O)O2. The molecule has 2 N–H and O–H groups in total. The Morgan fingerprint density at radius 2 is 1.78 bits per heavy atom. The minimum Gasteiger partial charge on any atom is -0.457 e. The zero-order valence-electron chi connectivity index (χ0n) is 35.5. The number of benzene rings is 1. The van der Waals surface area contributed by atoms with Gasteiger partial charge in [-0.2, -0.15) is 11.8 Å². The Morgan fingerprint density at radius 3 is 2.47 bits per heavy atom. The van der Waals surface area contributed by atoms with E-state index in [4.69, 9.17) is 44.8 Å². The molecule has 4 heterocycles. The Bertz CT molecular complexity index is 1830. The number of hydrogen-bond donors (Lipinski definition) is 2. The van der Waals surface area contributed by atoms with E-state index in [-0.39, 0.29) is 81.8 Å². The van der Waals surface area contributed by atoms with Gasteiger partial charge in [-0.05, 0) is 57.6 Å². The van der Waals surface area contributed by atoms with Crippen molar-refractivity contribution in [3.05, 3.63) is 52.1 Å². The summed E-state index contributed by atoms with van der Waals surface area (Å²) in [6.07, 6.45) is 2.13. The van der Waals surface area contributed by atoms with Gasteiger partial charge in [0.2, 0.25) is 17.7 Å². The number of esters is 1. The van der Waals surface area contributed by atoms with Crippen molar-refractivity contribution in [2.75, 3.05) is 64.9 Å². The molecule has 4 bridgehead atoms. The monoisotopic (exact) mass is 879 g/mol. The summed E-state index contributed by atoms with van der Waals surface area (Å²) in [6.45, 7) is 9.89. The molecule has 60 heavy (non-hydrogen) atoms. The first-order valence-electron chi connectivity index (χ1n) is 20.1. The van der Waals surface area contributed by atoms with Gasteiger partial charge in [0.05, 0.1) is 68.1 Å². The summed E-state index contributed by atoms with van der Waals surface area (Å²) in [6, 6.07) is 3.80. The predicted octanol–water partition coefficient (Wildman–Crippen LogP) is 3.90. The number of alkyl carbamates (subject to hydrolysis) is 1. The smallest absolute Gasteiger partial charge is 0.409 e. The molecule has 4 aliphatic heterocycles. The number of imide groups is 1. The Morgan fingerprint density at radius 1 is 1.08 bits per heavy atom. The number of fused-ring (bicyclic) bond motifs is 5. The number of aryl methyl sites for hydroxylation is 1. The zero-order chi connectivity index (χ0) is 43.9. The van der Waals surface area contributed by atoms with Crippen molar-refractivity contribution in [2.24, 2.45) is 5.92 Å². The number of carbonyl (C=O) groups excluding carboxylic acids is 5. The molecular formula is C42H58ClN3O13S. The van der Waals surface area contributed by atoms with Crippen LogP contribution in [0.3, 0.4) is 0 Å². The first kappa shape index (κ1) is 47.5. The van der Waals surface area contributed by atoms with Crippen molar-refractivity contribution in [1.29, 1.82) is 0 Å². The molecule has 1 unspecified atom stereocenters. The summed E-state index contributed by atoms with van der Waals surface area (Å²) in [5.41, 5.74) is 0.129. The Balaban J connectivity index is 1.25. The standard InChI is InChI=1S/C42H58ClN3O13S/c1-24-10-9-11-32(53-7)42(52)23-30(57-40(51)44-42)26(3)37-41(5,59-37)33(22-34(47)45(6)29-20-28(18-24)19-25(2)36(29)43)58-39(50)27(4)56-17-16-55-15-14-54-13-12-46-35(48)21-31(60-8)38(46)49/h9-11,19-20,26-27,30-33,37,52H,12-18,21-23H2,1-8H3,(H,44,51)/b11-9+,24-10+/t26-,27+,30+,31?,32-,33+,37+,41+,42+/m1/s1. The number of aliphatic hydroxyl groups is 1. The minimum absolute atomic E-state index is 0.0461. The molecule has 3 fully saturated rings. The molecule has 0 aromatic heterocycles. The summed E-state index contributed by atoms with van der Waals surface area (Å²) in [5.74, 6) is -2.03. The second-order valence-corrected chi connectivity index (χ2v) is 17.3. The molecule has 3 saturated heterocycles. The minimum atomic E-state index is -1.82. The van der Waals surface area contributed by atoms with Crippen molar-refractivity contribution in [3.63, 3.8) is 0 Å². The average molecular weight is 880 g/mol. The number of rotatable bonds is 14. The molecule has 0 spiro atoms. The maximum absolute atomic E-state index is 14.1. The van der Waals surface area contributed by atoms with Crippen LogP contribution < -0.4 is 10.2 Å². The molecule has 18 heteroatoms. The van der Waals surface area contributed by atoms with Gasteiger partial charge in [-0.3, -0.25) is 24.6 Å². The number of allylic oxidation sites excluding steroid dienone is 3. The van der Waals surface area contributed by atoms with Crippen LogP contribution in [-0.4, -0.2) is 147 Å². The second kappa shape index (κ2) is 20.5. The molecule has 0 radical (unpaired) electrons. The lowest BCUT2D eigenvalue weighted by molar-refractivity contribution is -0.166. The van der Waals surface area contributed by atoms with Crippen LogP contribution in [-0.2, 0) is 58.8 Å². The van der Waals surface area contributed by atoms with E-state index < -0.39 is 59.8 Å². The van der Waals surface area contributed by atoms with Crippen molar-refractivity contribution in [3.8, 4) is 0 Å². The number of nitrogens with one attached hydrogen (secondary N) is 1. The van der Waals surface area contributed by atoms with Gasteiger partial charge in [0.25, 0.3) is 0 Å². The largest absolute Gasteiger partial charge is 0.457 e. The number of methoxy groups -OCH3 is 1. The number of halogens is 1. The Kier molecular flexibility index (Phi) is 16.3. The van der Waals surface area contributed by atoms with Gasteiger partial charge < -0.3 is 43.2 Å². The highest BCUT2D eigenvalue weighted by atomic mass is 35.5. The Labute approximate surface area is 360 Å². The third-order valence-electron chi connectivity index (χ3n) is 11.5. The molecule has 1 aromatic carbocycles. The van der Waals surface area contributed by atoms with Crippen molar-refractivity contribution < 1.29 is 62.2 Å². The van der Waals surface area contributed by atoms with Crippen LogP contribution in [0.5, 0.6) is 0 Å². The topological polar surface area (TPSA) is 192 Å². The van der Waals surface area contributed by atoms with Gasteiger partial charge in [-0.15, -0.1) is 0 Å². The maximum atomic E-state index is 14.1. The number of amides is 4. The molecule has 5 rings (SSSR count). The molecule has 16 nitrogen and oxygen atoms in total. The normalized spacial score (nSPS) is 31.8. The number of epoxide rings is 1. The van der Waals surface area contributed by atoms with E-state index in [0.717, 1.165) is 16.7 Å². The molecule has 4 aliphatic rings. The van der Waals surface area contributed by atoms with Crippen LogP contribution in [0.15, 0.2) is 35.9 Å². The van der Waals surface area contributed by atoms with E-state index in [1.54, 1.807) is 39.3 Å². The molecule has 0 aliphatic carbocycles. The van der Waals surface area contributed by atoms with Crippen LogP contribution in [0.2, 0.25) is 5.02 Å². The number of thioether (sulfide) groups is 1. The lowest BCUT2D eigenvalue weighted by atomic mass is 9.83. The summed E-state index contributed by atoms with van der Waals surface area (Å²) in [7, 11) is 3.05. The van der Waals surface area contributed by atoms with Crippen LogP contribution >= 0.6 is 23.4 Å². The van der Waals surface area contributed by atoms with E-state index in [2.05, 4.69) is 5.32 Å². The summed E-state index contributed by atoms with van der Waals surface area (Å²) in [4.78, 5) is 67.6. The summed E-state index contributed by atoms with van der Waals surface area (Å²) in [5, 5.41) is 14.3. The van der Waals surface area contributed by atoms with Gasteiger partial charge >= 0.3 is 12.1 Å². The van der Waals surface area contributed by atoms with Gasteiger partial charge in [-0.1, -0.05) is 48.4 Å². The van der Waals surface area contributed by atoms with Crippen molar-refractivity contribution in [1.82, 2.24) is 10.2 Å². The molecule has 0 saturated carbocycles. The predicted molar refractivity (Wildman–Crippen MR) is 223 cm³/mol. The lowest BCUT2D eigenvalue weighted by Crippen LogP contribution is -2.63.